The fourth-order valence-corrected chi connectivity index (χ4v) is 4.41. The van der Waals surface area contributed by atoms with Crippen LogP contribution in [0, 0.1) is 6.92 Å². The van der Waals surface area contributed by atoms with Crippen molar-refractivity contribution < 1.29 is 14.8 Å². The number of hydrogen-bond donors (Lipinski definition) is 3. The van der Waals surface area contributed by atoms with Crippen molar-refractivity contribution in [1.82, 2.24) is 25.7 Å². The summed E-state index contributed by atoms with van der Waals surface area (Å²) in [5, 5.41) is 16.3. The number of piperidine rings is 1. The monoisotopic (exact) mass is 487 g/mol. The minimum absolute atomic E-state index is 0.277. The van der Waals surface area contributed by atoms with Crippen molar-refractivity contribution in [2.75, 3.05) is 13.1 Å². The molecule has 1 fully saturated rings. The van der Waals surface area contributed by atoms with E-state index in [2.05, 4.69) is 10.5 Å². The molecule has 3 aromatic rings. The highest BCUT2D eigenvalue weighted by molar-refractivity contribution is 6.35. The maximum Gasteiger partial charge on any atom is 0.286 e. The first-order valence-electron chi connectivity index (χ1n) is 10.5. The molecule has 33 heavy (non-hydrogen) atoms. The third-order valence-electron chi connectivity index (χ3n) is 5.61. The van der Waals surface area contributed by atoms with Gasteiger partial charge >= 0.3 is 0 Å². The molecular formula is C23H23Cl2N5O3. The lowest BCUT2D eigenvalue weighted by Gasteiger charge is -2.26. The number of carbonyl (C=O) groups excluding carboxylic acids is 2. The number of halogens is 2. The Kier molecular flexibility index (Phi) is 6.99. The predicted octanol–water partition coefficient (Wildman–Crippen LogP) is 4.40. The van der Waals surface area contributed by atoms with Gasteiger partial charge in [0, 0.05) is 34.8 Å². The van der Waals surface area contributed by atoms with Crippen LogP contribution in [0.3, 0.4) is 0 Å². The van der Waals surface area contributed by atoms with E-state index in [1.807, 2.05) is 11.9 Å². The van der Waals surface area contributed by atoms with Crippen LogP contribution in [-0.4, -0.2) is 44.9 Å². The number of amides is 2. The van der Waals surface area contributed by atoms with Crippen molar-refractivity contribution in [2.24, 2.45) is 0 Å². The quantitative estimate of drug-likeness (QED) is 0.365. The molecule has 1 aliphatic heterocycles. The van der Waals surface area contributed by atoms with Crippen molar-refractivity contribution in [3.8, 4) is 16.9 Å². The Morgan fingerprint density at radius 1 is 1.00 bits per heavy atom. The summed E-state index contributed by atoms with van der Waals surface area (Å²) in [5.74, 6) is -0.912. The second kappa shape index (κ2) is 9.93. The van der Waals surface area contributed by atoms with Gasteiger partial charge in [0.2, 0.25) is 0 Å². The van der Waals surface area contributed by atoms with Gasteiger partial charge in [0.15, 0.2) is 5.69 Å². The van der Waals surface area contributed by atoms with Crippen molar-refractivity contribution in [1.29, 1.82) is 0 Å². The van der Waals surface area contributed by atoms with Crippen LogP contribution < -0.4 is 10.9 Å². The van der Waals surface area contributed by atoms with E-state index in [1.54, 1.807) is 52.6 Å². The van der Waals surface area contributed by atoms with Gasteiger partial charge in [-0.15, -0.1) is 0 Å². The Balaban J connectivity index is 1.79. The Morgan fingerprint density at radius 3 is 2.33 bits per heavy atom. The van der Waals surface area contributed by atoms with E-state index in [9.17, 15) is 9.59 Å². The van der Waals surface area contributed by atoms with Crippen LogP contribution in [-0.2, 0) is 0 Å². The Bertz CT molecular complexity index is 1190. The molecule has 2 amide bonds. The topological polar surface area (TPSA) is 99.5 Å². The van der Waals surface area contributed by atoms with Crippen LogP contribution in [0.1, 0.15) is 45.7 Å². The summed E-state index contributed by atoms with van der Waals surface area (Å²) in [6, 6.07) is 11.7. The SMILES string of the molecule is Cc1c(C(=O)NN2CCCCC2)nn(-c2ccc(Cl)cc2Cl)c1-c1ccc(C(=O)NO)cc1. The smallest absolute Gasteiger partial charge is 0.286 e. The first kappa shape index (κ1) is 23.3. The van der Waals surface area contributed by atoms with E-state index < -0.39 is 5.91 Å². The van der Waals surface area contributed by atoms with Gasteiger partial charge in [-0.1, -0.05) is 41.8 Å². The van der Waals surface area contributed by atoms with Crippen molar-refractivity contribution >= 4 is 35.0 Å². The second-order valence-electron chi connectivity index (χ2n) is 7.84. The summed E-state index contributed by atoms with van der Waals surface area (Å²) in [5.41, 5.74) is 7.74. The van der Waals surface area contributed by atoms with E-state index >= 15 is 0 Å². The number of hydrogen-bond acceptors (Lipinski definition) is 5. The van der Waals surface area contributed by atoms with Gasteiger partial charge in [-0.2, -0.15) is 5.10 Å². The number of hydrazine groups is 1. The van der Waals surface area contributed by atoms with Crippen molar-refractivity contribution in [3.63, 3.8) is 0 Å². The van der Waals surface area contributed by atoms with Gasteiger partial charge < -0.3 is 0 Å². The molecule has 10 heteroatoms. The average Bonchev–Trinajstić information content (AvgIpc) is 3.16. The zero-order chi connectivity index (χ0) is 23.5. The standard InChI is InChI=1S/C23H23Cl2N5O3/c1-14-20(23(32)27-29-11-3-2-4-12-29)26-30(19-10-9-17(24)13-18(19)25)21(14)15-5-7-16(8-6-15)22(31)28-33/h5-10,13,33H,2-4,11-12H2,1H3,(H,27,32)(H,28,31). The zero-order valence-corrected chi connectivity index (χ0v) is 19.5. The third-order valence-corrected chi connectivity index (χ3v) is 6.15. The summed E-state index contributed by atoms with van der Waals surface area (Å²) < 4.78 is 1.61. The van der Waals surface area contributed by atoms with Crippen molar-refractivity contribution in [2.45, 2.75) is 26.2 Å². The molecule has 2 aromatic carbocycles. The van der Waals surface area contributed by atoms with Crippen LogP contribution in [0.25, 0.3) is 16.9 Å². The Hall–Kier alpha value is -2.91. The lowest BCUT2D eigenvalue weighted by Crippen LogP contribution is -2.45. The highest BCUT2D eigenvalue weighted by Crippen LogP contribution is 2.33. The molecule has 0 radical (unpaired) electrons. The molecule has 0 saturated carbocycles. The minimum atomic E-state index is -0.617. The lowest BCUT2D eigenvalue weighted by molar-refractivity contribution is 0.0705. The fourth-order valence-electron chi connectivity index (χ4n) is 3.92. The van der Waals surface area contributed by atoms with Crippen LogP contribution in [0.15, 0.2) is 42.5 Å². The summed E-state index contributed by atoms with van der Waals surface area (Å²) in [6.07, 6.45) is 3.23. The summed E-state index contributed by atoms with van der Waals surface area (Å²) in [6.45, 7) is 3.42. The zero-order valence-electron chi connectivity index (χ0n) is 17.9. The van der Waals surface area contributed by atoms with Crippen LogP contribution >= 0.6 is 23.2 Å². The first-order chi connectivity index (χ1) is 15.9. The van der Waals surface area contributed by atoms with E-state index in [1.165, 1.54) is 0 Å². The number of benzene rings is 2. The molecule has 0 aliphatic carbocycles. The molecule has 0 bridgehead atoms. The summed E-state index contributed by atoms with van der Waals surface area (Å²) >= 11 is 12.5. The maximum absolute atomic E-state index is 13.1. The summed E-state index contributed by atoms with van der Waals surface area (Å²) in [7, 11) is 0. The molecule has 2 heterocycles. The first-order valence-corrected chi connectivity index (χ1v) is 11.3. The summed E-state index contributed by atoms with van der Waals surface area (Å²) in [4.78, 5) is 24.8. The van der Waals surface area contributed by atoms with Gasteiger partial charge in [-0.3, -0.25) is 20.2 Å². The van der Waals surface area contributed by atoms with Gasteiger partial charge in [0.05, 0.1) is 16.4 Å². The molecule has 3 N–H and O–H groups in total. The number of carbonyl (C=O) groups is 2. The minimum Gasteiger partial charge on any atom is -0.288 e. The molecule has 4 rings (SSSR count). The fraction of sp³-hybridized carbons (Fsp3) is 0.261. The second-order valence-corrected chi connectivity index (χ2v) is 8.68. The molecule has 1 saturated heterocycles. The Labute approximate surface area is 201 Å². The van der Waals surface area contributed by atoms with Crippen LogP contribution in [0.5, 0.6) is 0 Å². The predicted molar refractivity (Wildman–Crippen MR) is 126 cm³/mol. The van der Waals surface area contributed by atoms with Gasteiger partial charge in [0.25, 0.3) is 11.8 Å². The molecule has 1 aliphatic rings. The Morgan fingerprint density at radius 2 is 1.70 bits per heavy atom. The number of rotatable bonds is 5. The average molecular weight is 488 g/mol. The van der Waals surface area contributed by atoms with Crippen LogP contribution in [0.4, 0.5) is 0 Å². The van der Waals surface area contributed by atoms with E-state index in [0.717, 1.165) is 37.9 Å². The largest absolute Gasteiger partial charge is 0.288 e. The number of hydroxylamine groups is 1. The van der Waals surface area contributed by atoms with Gasteiger partial charge in [-0.05, 0) is 50.1 Å². The van der Waals surface area contributed by atoms with E-state index in [0.29, 0.717) is 27.0 Å². The number of nitrogens with zero attached hydrogens (tertiary/aromatic N) is 3. The third kappa shape index (κ3) is 4.89. The number of aromatic nitrogens is 2. The van der Waals surface area contributed by atoms with Gasteiger partial charge in [-0.25, -0.2) is 15.2 Å². The van der Waals surface area contributed by atoms with Crippen LogP contribution in [0.2, 0.25) is 10.0 Å². The molecule has 0 spiro atoms. The van der Waals surface area contributed by atoms with E-state index in [-0.39, 0.29) is 17.2 Å². The lowest BCUT2D eigenvalue weighted by atomic mass is 10.0. The van der Waals surface area contributed by atoms with E-state index in [4.69, 9.17) is 28.4 Å². The van der Waals surface area contributed by atoms with Crippen molar-refractivity contribution in [3.05, 3.63) is 69.3 Å². The normalized spacial score (nSPS) is 14.2. The molecule has 172 valence electrons. The van der Waals surface area contributed by atoms with Gasteiger partial charge in [0.1, 0.15) is 0 Å². The molecule has 1 aromatic heterocycles. The molecule has 8 nitrogen and oxygen atoms in total. The highest BCUT2D eigenvalue weighted by Gasteiger charge is 2.25. The molecular weight excluding hydrogens is 465 g/mol. The maximum atomic E-state index is 13.1. The molecule has 0 atom stereocenters. The number of nitrogens with one attached hydrogen (secondary N) is 2. The highest BCUT2D eigenvalue weighted by atomic mass is 35.5. The molecule has 0 unspecified atom stereocenters.